The Kier molecular flexibility index (Phi) is 3.85. The molecule has 2 heteroatoms. The Bertz CT molecular complexity index is 1450. The molecule has 0 fully saturated rings. The molecule has 0 aliphatic heterocycles. The van der Waals surface area contributed by atoms with E-state index in [4.69, 9.17) is 4.98 Å². The van der Waals surface area contributed by atoms with E-state index in [9.17, 15) is 0 Å². The second-order valence-corrected chi connectivity index (χ2v) is 8.75. The third-order valence-corrected chi connectivity index (χ3v) is 6.52. The Hall–Kier alpha value is -3.78. The lowest BCUT2D eigenvalue weighted by molar-refractivity contribution is 0.660. The Balaban J connectivity index is 1.58. The Morgan fingerprint density at radius 1 is 0.613 bits per heavy atom. The zero-order chi connectivity index (χ0) is 21.0. The van der Waals surface area contributed by atoms with Crippen LogP contribution in [0.15, 0.2) is 97.3 Å². The summed E-state index contributed by atoms with van der Waals surface area (Å²) in [5.41, 5.74) is 9.43. The van der Waals surface area contributed by atoms with Crippen LogP contribution in [-0.2, 0) is 5.41 Å². The zero-order valence-corrected chi connectivity index (χ0v) is 17.6. The summed E-state index contributed by atoms with van der Waals surface area (Å²) in [6, 6.07) is 30.1. The maximum absolute atomic E-state index is 4.88. The summed E-state index contributed by atoms with van der Waals surface area (Å²) in [6.45, 7) is 4.64. The van der Waals surface area contributed by atoms with E-state index in [1.807, 2.05) is 30.6 Å². The van der Waals surface area contributed by atoms with Crippen LogP contribution in [0.1, 0.15) is 25.0 Å². The average Bonchev–Trinajstić information content (AvgIpc) is 3.05. The fraction of sp³-hybridized carbons (Fsp3) is 0.103. The highest BCUT2D eigenvalue weighted by Gasteiger charge is 2.38. The first-order valence-electron chi connectivity index (χ1n) is 10.7. The van der Waals surface area contributed by atoms with Gasteiger partial charge in [0.1, 0.15) is 0 Å². The minimum Gasteiger partial charge on any atom is -0.256 e. The van der Waals surface area contributed by atoms with Gasteiger partial charge in [-0.05, 0) is 69.4 Å². The number of pyridine rings is 2. The van der Waals surface area contributed by atoms with Gasteiger partial charge in [-0.3, -0.25) is 9.97 Å². The number of fused-ring (bicyclic) bond motifs is 4. The van der Waals surface area contributed by atoms with E-state index in [2.05, 4.69) is 85.6 Å². The van der Waals surface area contributed by atoms with E-state index >= 15 is 0 Å². The smallest absolute Gasteiger partial charge is 0.0749 e. The Morgan fingerprint density at radius 3 is 2.19 bits per heavy atom. The fourth-order valence-electron chi connectivity index (χ4n) is 5.01. The van der Waals surface area contributed by atoms with Crippen LogP contribution in [0.2, 0.25) is 0 Å². The number of hydrogen-bond acceptors (Lipinski definition) is 2. The number of nitrogens with zero attached hydrogens (tertiary/aromatic N) is 2. The summed E-state index contributed by atoms with van der Waals surface area (Å²) in [5, 5.41) is 2.56. The molecule has 2 nitrogen and oxygen atoms in total. The average molecular weight is 399 g/mol. The molecule has 0 bridgehead atoms. The molecule has 5 aromatic rings. The van der Waals surface area contributed by atoms with E-state index in [0.717, 1.165) is 22.5 Å². The van der Waals surface area contributed by atoms with Crippen LogP contribution >= 0.6 is 0 Å². The number of hydrogen-bond donors (Lipinski definition) is 0. The molecule has 0 radical (unpaired) electrons. The molecule has 31 heavy (non-hydrogen) atoms. The van der Waals surface area contributed by atoms with Crippen LogP contribution < -0.4 is 0 Å². The van der Waals surface area contributed by atoms with Gasteiger partial charge in [0.05, 0.1) is 11.4 Å². The second-order valence-electron chi connectivity index (χ2n) is 8.75. The van der Waals surface area contributed by atoms with Crippen molar-refractivity contribution in [2.24, 2.45) is 0 Å². The van der Waals surface area contributed by atoms with Crippen molar-refractivity contribution in [3.05, 3.63) is 108 Å². The lowest BCUT2D eigenvalue weighted by Gasteiger charge is -2.24. The van der Waals surface area contributed by atoms with E-state index < -0.39 is 0 Å². The maximum Gasteiger partial charge on any atom is 0.0749 e. The lowest BCUT2D eigenvalue weighted by atomic mass is 9.80. The van der Waals surface area contributed by atoms with Crippen LogP contribution in [-0.4, -0.2) is 9.97 Å². The van der Waals surface area contributed by atoms with Crippen LogP contribution in [0.5, 0.6) is 0 Å². The van der Waals surface area contributed by atoms with Gasteiger partial charge < -0.3 is 0 Å². The van der Waals surface area contributed by atoms with Gasteiger partial charge in [0.15, 0.2) is 0 Å². The van der Waals surface area contributed by atoms with Gasteiger partial charge in [-0.2, -0.15) is 0 Å². The summed E-state index contributed by atoms with van der Waals surface area (Å²) >= 11 is 0. The van der Waals surface area contributed by atoms with E-state index in [0.29, 0.717) is 0 Å². The first-order chi connectivity index (χ1) is 15.1. The van der Waals surface area contributed by atoms with Crippen LogP contribution in [0, 0.1) is 0 Å². The summed E-state index contributed by atoms with van der Waals surface area (Å²) in [6.07, 6.45) is 3.78. The van der Waals surface area contributed by atoms with Gasteiger partial charge in [0, 0.05) is 28.9 Å². The summed E-state index contributed by atoms with van der Waals surface area (Å²) in [7, 11) is 0. The molecule has 0 N–H and O–H groups in total. The van der Waals surface area contributed by atoms with Crippen LogP contribution in [0.4, 0.5) is 0 Å². The molecule has 0 amide bonds. The first-order valence-corrected chi connectivity index (χ1v) is 10.7. The van der Waals surface area contributed by atoms with Crippen molar-refractivity contribution in [2.75, 3.05) is 0 Å². The highest BCUT2D eigenvalue weighted by molar-refractivity contribution is 5.95. The molecule has 0 saturated carbocycles. The van der Waals surface area contributed by atoms with Crippen LogP contribution in [0.25, 0.3) is 44.4 Å². The predicted molar refractivity (Wildman–Crippen MR) is 128 cm³/mol. The summed E-state index contributed by atoms with van der Waals surface area (Å²) < 4.78 is 0. The quantitative estimate of drug-likeness (QED) is 0.312. The van der Waals surface area contributed by atoms with Crippen molar-refractivity contribution in [3.8, 4) is 33.6 Å². The van der Waals surface area contributed by atoms with Crippen LogP contribution in [0.3, 0.4) is 0 Å². The van der Waals surface area contributed by atoms with Gasteiger partial charge in [0.25, 0.3) is 0 Å². The van der Waals surface area contributed by atoms with Crippen molar-refractivity contribution >= 4 is 10.8 Å². The van der Waals surface area contributed by atoms with Crippen molar-refractivity contribution in [2.45, 2.75) is 19.3 Å². The highest BCUT2D eigenvalue weighted by atomic mass is 14.7. The van der Waals surface area contributed by atoms with Gasteiger partial charge in [-0.15, -0.1) is 0 Å². The summed E-state index contributed by atoms with van der Waals surface area (Å²) in [5.74, 6) is 0. The van der Waals surface area contributed by atoms with E-state index in [-0.39, 0.29) is 5.41 Å². The molecule has 0 spiro atoms. The van der Waals surface area contributed by atoms with Crippen molar-refractivity contribution in [1.29, 1.82) is 0 Å². The van der Waals surface area contributed by atoms with Gasteiger partial charge >= 0.3 is 0 Å². The molecule has 0 saturated heterocycles. The van der Waals surface area contributed by atoms with Gasteiger partial charge in [-0.1, -0.05) is 62.4 Å². The largest absolute Gasteiger partial charge is 0.256 e. The lowest BCUT2D eigenvalue weighted by Crippen LogP contribution is -2.17. The number of rotatable bonds is 2. The molecule has 0 atom stereocenters. The SMILES string of the molecule is CC1(C)c2cc3ccccc3cc2-c2ccnc(-c3cccc(-c4ccccn4)c3)c21. The summed E-state index contributed by atoms with van der Waals surface area (Å²) in [4.78, 5) is 9.41. The van der Waals surface area contributed by atoms with Gasteiger partial charge in [-0.25, -0.2) is 0 Å². The Morgan fingerprint density at radius 2 is 1.39 bits per heavy atom. The van der Waals surface area contributed by atoms with E-state index in [1.54, 1.807) is 0 Å². The normalized spacial score (nSPS) is 13.7. The van der Waals surface area contributed by atoms with Crippen molar-refractivity contribution in [1.82, 2.24) is 9.97 Å². The molecule has 1 aliphatic carbocycles. The first kappa shape index (κ1) is 18.0. The minimum absolute atomic E-state index is 0.126. The molecule has 3 aromatic carbocycles. The standard InChI is InChI=1S/C29H22N2/c1-29(2)25-18-20-9-4-3-8-19(20)17-24(25)23-13-15-31-28(27(23)29)22-11-7-10-21(16-22)26-12-5-6-14-30-26/h3-18H,1-2H3. The molecule has 148 valence electrons. The second kappa shape index (κ2) is 6.61. The van der Waals surface area contributed by atoms with Gasteiger partial charge in [0.2, 0.25) is 0 Å². The minimum atomic E-state index is -0.126. The maximum atomic E-state index is 4.88. The predicted octanol–water partition coefficient (Wildman–Crippen LogP) is 7.27. The molecule has 0 unspecified atom stereocenters. The molecule has 6 rings (SSSR count). The Labute approximate surface area is 182 Å². The molecule has 2 heterocycles. The van der Waals surface area contributed by atoms with E-state index in [1.165, 1.54) is 33.0 Å². The third kappa shape index (κ3) is 2.72. The molecular formula is C29H22N2. The molecule has 2 aromatic heterocycles. The third-order valence-electron chi connectivity index (χ3n) is 6.52. The fourth-order valence-corrected chi connectivity index (χ4v) is 5.01. The number of aromatic nitrogens is 2. The number of benzene rings is 3. The topological polar surface area (TPSA) is 25.8 Å². The van der Waals surface area contributed by atoms with Crippen molar-refractivity contribution < 1.29 is 0 Å². The van der Waals surface area contributed by atoms with Crippen molar-refractivity contribution in [3.63, 3.8) is 0 Å². The molecular weight excluding hydrogens is 376 g/mol. The monoisotopic (exact) mass is 398 g/mol. The zero-order valence-electron chi connectivity index (χ0n) is 17.6. The molecule has 1 aliphatic rings. The highest BCUT2D eigenvalue weighted by Crippen LogP contribution is 2.52.